The van der Waals surface area contributed by atoms with Gasteiger partial charge in [-0.25, -0.2) is 4.98 Å². The lowest BCUT2D eigenvalue weighted by atomic mass is 9.85. The number of benzene rings is 2. The molecule has 0 aliphatic rings. The van der Waals surface area contributed by atoms with Gasteiger partial charge in [0.05, 0.1) is 17.0 Å². The molecule has 0 atom stereocenters. The number of carbonyl (C=O) groups is 1. The number of pyridine rings is 2. The molecular formula is C27H25N5O. The van der Waals surface area contributed by atoms with Crippen LogP contribution in [0, 0.1) is 18.3 Å². The number of aryl methyl sites for hydroxylation is 1. The molecular weight excluding hydrogens is 410 g/mol. The van der Waals surface area contributed by atoms with Crippen LogP contribution in [-0.4, -0.2) is 22.9 Å². The minimum Gasteiger partial charge on any atom is -0.373 e. The van der Waals surface area contributed by atoms with E-state index in [0.717, 1.165) is 39.0 Å². The number of rotatable bonds is 5. The quantitative estimate of drug-likeness (QED) is 0.420. The fraction of sp³-hybridized carbons (Fsp3) is 0.185. The van der Waals surface area contributed by atoms with Gasteiger partial charge in [0.25, 0.3) is 5.91 Å². The SMILES string of the molecule is CNc1cc2ncc(-c3cc(NC(=O)c4cccc(C(C)(C)C#N)c4)ccc3C)cc2cn1. The summed E-state index contributed by atoms with van der Waals surface area (Å²) in [5, 5.41) is 16.4. The molecule has 164 valence electrons. The van der Waals surface area contributed by atoms with Crippen LogP contribution in [0.15, 0.2) is 67.0 Å². The van der Waals surface area contributed by atoms with Crippen LogP contribution in [-0.2, 0) is 5.41 Å². The Morgan fingerprint density at radius 2 is 1.85 bits per heavy atom. The molecule has 6 nitrogen and oxygen atoms in total. The number of aromatic nitrogens is 2. The second-order valence-corrected chi connectivity index (χ2v) is 8.54. The smallest absolute Gasteiger partial charge is 0.255 e. The number of nitriles is 1. The maximum atomic E-state index is 12.9. The van der Waals surface area contributed by atoms with Gasteiger partial charge in [0.1, 0.15) is 5.82 Å². The van der Waals surface area contributed by atoms with Gasteiger partial charge in [-0.1, -0.05) is 18.2 Å². The summed E-state index contributed by atoms with van der Waals surface area (Å²) in [5.74, 6) is 0.548. The van der Waals surface area contributed by atoms with Crippen molar-refractivity contribution >= 4 is 28.3 Å². The first kappa shape index (κ1) is 22.0. The van der Waals surface area contributed by atoms with Gasteiger partial charge in [-0.15, -0.1) is 0 Å². The Morgan fingerprint density at radius 1 is 1.03 bits per heavy atom. The minimum atomic E-state index is -0.667. The number of nitrogens with one attached hydrogen (secondary N) is 2. The number of amides is 1. The maximum absolute atomic E-state index is 12.9. The molecule has 2 N–H and O–H groups in total. The Kier molecular flexibility index (Phi) is 5.80. The van der Waals surface area contributed by atoms with Crippen LogP contribution in [0.1, 0.15) is 35.3 Å². The average molecular weight is 436 g/mol. The molecule has 0 aliphatic heterocycles. The van der Waals surface area contributed by atoms with Gasteiger partial charge in [-0.05, 0) is 67.8 Å². The van der Waals surface area contributed by atoms with Crippen molar-refractivity contribution in [1.82, 2.24) is 9.97 Å². The molecule has 6 heteroatoms. The van der Waals surface area contributed by atoms with Gasteiger partial charge >= 0.3 is 0 Å². The monoisotopic (exact) mass is 435 g/mol. The molecule has 4 aromatic rings. The highest BCUT2D eigenvalue weighted by molar-refractivity contribution is 6.04. The van der Waals surface area contributed by atoms with Crippen LogP contribution in [0.3, 0.4) is 0 Å². The number of anilines is 2. The molecule has 0 bridgehead atoms. The Labute approximate surface area is 193 Å². The first-order valence-electron chi connectivity index (χ1n) is 10.7. The zero-order valence-corrected chi connectivity index (χ0v) is 19.1. The lowest BCUT2D eigenvalue weighted by Crippen LogP contribution is -2.17. The fourth-order valence-electron chi connectivity index (χ4n) is 3.63. The van der Waals surface area contributed by atoms with E-state index in [9.17, 15) is 10.1 Å². The van der Waals surface area contributed by atoms with E-state index in [1.807, 2.05) is 64.3 Å². The molecule has 33 heavy (non-hydrogen) atoms. The molecule has 0 aliphatic carbocycles. The molecule has 0 spiro atoms. The van der Waals surface area contributed by atoms with Crippen molar-refractivity contribution in [3.8, 4) is 17.2 Å². The van der Waals surface area contributed by atoms with E-state index < -0.39 is 5.41 Å². The van der Waals surface area contributed by atoms with E-state index in [0.29, 0.717) is 11.3 Å². The largest absolute Gasteiger partial charge is 0.373 e. The zero-order valence-electron chi connectivity index (χ0n) is 19.1. The van der Waals surface area contributed by atoms with Gasteiger partial charge in [-0.2, -0.15) is 5.26 Å². The van der Waals surface area contributed by atoms with Crippen LogP contribution in [0.5, 0.6) is 0 Å². The van der Waals surface area contributed by atoms with E-state index in [2.05, 4.69) is 32.7 Å². The third kappa shape index (κ3) is 4.53. The lowest BCUT2D eigenvalue weighted by molar-refractivity contribution is 0.102. The van der Waals surface area contributed by atoms with Crippen molar-refractivity contribution in [2.24, 2.45) is 0 Å². The third-order valence-corrected chi connectivity index (χ3v) is 5.75. The van der Waals surface area contributed by atoms with E-state index >= 15 is 0 Å². The van der Waals surface area contributed by atoms with E-state index in [1.54, 1.807) is 24.4 Å². The summed E-state index contributed by atoms with van der Waals surface area (Å²) >= 11 is 0. The fourth-order valence-corrected chi connectivity index (χ4v) is 3.63. The van der Waals surface area contributed by atoms with Crippen molar-refractivity contribution in [3.63, 3.8) is 0 Å². The van der Waals surface area contributed by atoms with Crippen LogP contribution >= 0.6 is 0 Å². The number of hydrogen-bond acceptors (Lipinski definition) is 5. The summed E-state index contributed by atoms with van der Waals surface area (Å²) < 4.78 is 0. The molecule has 0 saturated heterocycles. The van der Waals surface area contributed by atoms with Crippen molar-refractivity contribution in [2.75, 3.05) is 17.7 Å². The van der Waals surface area contributed by atoms with Crippen molar-refractivity contribution < 1.29 is 4.79 Å². The summed E-state index contributed by atoms with van der Waals surface area (Å²) in [6.07, 6.45) is 3.64. The highest BCUT2D eigenvalue weighted by Gasteiger charge is 2.21. The van der Waals surface area contributed by atoms with Crippen LogP contribution < -0.4 is 10.6 Å². The predicted octanol–water partition coefficient (Wildman–Crippen LogP) is 5.70. The Bertz CT molecular complexity index is 1400. The van der Waals surface area contributed by atoms with Gasteiger partial charge < -0.3 is 10.6 Å². The minimum absolute atomic E-state index is 0.221. The molecule has 4 rings (SSSR count). The van der Waals surface area contributed by atoms with Crippen LogP contribution in [0.2, 0.25) is 0 Å². The Hall–Kier alpha value is -4.24. The van der Waals surface area contributed by atoms with Gasteiger partial charge in [-0.3, -0.25) is 9.78 Å². The van der Waals surface area contributed by atoms with E-state index in [-0.39, 0.29) is 5.91 Å². The highest BCUT2D eigenvalue weighted by atomic mass is 16.1. The summed E-state index contributed by atoms with van der Waals surface area (Å²) in [5.41, 5.74) is 5.21. The van der Waals surface area contributed by atoms with Crippen LogP contribution in [0.4, 0.5) is 11.5 Å². The summed E-state index contributed by atoms with van der Waals surface area (Å²) in [6, 6.07) is 19.2. The second kappa shape index (κ2) is 8.71. The standard InChI is InChI=1S/C27H25N5O/c1-17-8-9-22(32-26(33)18-6-5-7-21(11-18)27(2,3)16-28)12-23(17)19-10-20-15-31-25(29-4)13-24(20)30-14-19/h5-15H,1-4H3,(H,29,31)(H,32,33). The van der Waals surface area contributed by atoms with Crippen molar-refractivity contribution in [2.45, 2.75) is 26.2 Å². The molecule has 2 aromatic carbocycles. The second-order valence-electron chi connectivity index (χ2n) is 8.54. The first-order chi connectivity index (χ1) is 15.8. The molecule has 1 amide bonds. The molecule has 0 unspecified atom stereocenters. The molecule has 2 heterocycles. The summed E-state index contributed by atoms with van der Waals surface area (Å²) in [4.78, 5) is 21.9. The number of hydrogen-bond donors (Lipinski definition) is 2. The van der Waals surface area contributed by atoms with Gasteiger partial charge in [0.2, 0.25) is 0 Å². The molecule has 0 fully saturated rings. The van der Waals surface area contributed by atoms with E-state index in [4.69, 9.17) is 0 Å². The summed E-state index contributed by atoms with van der Waals surface area (Å²) in [7, 11) is 1.83. The molecule has 2 aromatic heterocycles. The van der Waals surface area contributed by atoms with E-state index in [1.165, 1.54) is 0 Å². The van der Waals surface area contributed by atoms with Gasteiger partial charge in [0.15, 0.2) is 0 Å². The first-order valence-corrected chi connectivity index (χ1v) is 10.7. The number of fused-ring (bicyclic) bond motifs is 1. The van der Waals surface area contributed by atoms with Crippen LogP contribution in [0.25, 0.3) is 22.0 Å². The zero-order chi connectivity index (χ0) is 23.6. The highest BCUT2D eigenvalue weighted by Crippen LogP contribution is 2.29. The predicted molar refractivity (Wildman–Crippen MR) is 132 cm³/mol. The third-order valence-electron chi connectivity index (χ3n) is 5.75. The van der Waals surface area contributed by atoms with Gasteiger partial charge in [0, 0.05) is 47.7 Å². The number of nitrogens with zero attached hydrogens (tertiary/aromatic N) is 3. The van der Waals surface area contributed by atoms with Crippen molar-refractivity contribution in [1.29, 1.82) is 5.26 Å². The topological polar surface area (TPSA) is 90.7 Å². The van der Waals surface area contributed by atoms with Crippen molar-refractivity contribution in [3.05, 3.63) is 83.7 Å². The average Bonchev–Trinajstić information content (AvgIpc) is 2.84. The maximum Gasteiger partial charge on any atom is 0.255 e. The Morgan fingerprint density at radius 3 is 2.61 bits per heavy atom. The Balaban J connectivity index is 1.63. The summed E-state index contributed by atoms with van der Waals surface area (Å²) in [6.45, 7) is 5.70. The normalized spacial score (nSPS) is 11.1. The molecule has 0 radical (unpaired) electrons. The number of carbonyl (C=O) groups excluding carboxylic acids is 1. The molecule has 0 saturated carbocycles. The lowest BCUT2D eigenvalue weighted by Gasteiger charge is -2.17.